The van der Waals surface area contributed by atoms with Gasteiger partial charge in [-0.25, -0.2) is 9.97 Å². The molecule has 1 aromatic heterocycles. The molecular formula is C19H18N2. The first kappa shape index (κ1) is 12.5. The highest BCUT2D eigenvalue weighted by atomic mass is 14.9. The van der Waals surface area contributed by atoms with Crippen molar-refractivity contribution in [1.82, 2.24) is 9.97 Å². The van der Waals surface area contributed by atoms with Gasteiger partial charge in [0, 0.05) is 16.7 Å². The lowest BCUT2D eigenvalue weighted by atomic mass is 9.84. The molecule has 3 aromatic rings. The maximum Gasteiger partial charge on any atom is 0.125 e. The number of aromatic nitrogens is 2. The summed E-state index contributed by atoms with van der Waals surface area (Å²) >= 11 is 0. The van der Waals surface area contributed by atoms with Crippen LogP contribution in [0, 0.1) is 13.8 Å². The van der Waals surface area contributed by atoms with Crippen molar-refractivity contribution in [3.8, 4) is 11.1 Å². The lowest BCUT2D eigenvalue weighted by molar-refractivity contribution is 0.630. The average molecular weight is 274 g/mol. The van der Waals surface area contributed by atoms with E-state index in [4.69, 9.17) is 4.98 Å². The summed E-state index contributed by atoms with van der Waals surface area (Å²) in [5, 5.41) is 2.58. The summed E-state index contributed by atoms with van der Waals surface area (Å²) in [6.45, 7) is 8.60. The van der Waals surface area contributed by atoms with Gasteiger partial charge in [0.1, 0.15) is 5.82 Å². The van der Waals surface area contributed by atoms with Crippen LogP contribution in [0.3, 0.4) is 0 Å². The molecule has 0 saturated heterocycles. The zero-order valence-electron chi connectivity index (χ0n) is 12.9. The van der Waals surface area contributed by atoms with Gasteiger partial charge in [0.15, 0.2) is 0 Å². The Balaban J connectivity index is 2.23. The van der Waals surface area contributed by atoms with E-state index in [1.54, 1.807) is 0 Å². The fourth-order valence-electron chi connectivity index (χ4n) is 3.65. The van der Waals surface area contributed by atoms with Crippen molar-refractivity contribution in [1.29, 1.82) is 0 Å². The van der Waals surface area contributed by atoms with Crippen LogP contribution in [0.5, 0.6) is 0 Å². The van der Waals surface area contributed by atoms with E-state index >= 15 is 0 Å². The maximum absolute atomic E-state index is 4.78. The lowest BCUT2D eigenvalue weighted by Gasteiger charge is -2.20. The van der Waals surface area contributed by atoms with E-state index in [0.717, 1.165) is 11.5 Å². The predicted molar refractivity (Wildman–Crippen MR) is 86.6 cm³/mol. The van der Waals surface area contributed by atoms with Crippen LogP contribution in [0.4, 0.5) is 0 Å². The maximum atomic E-state index is 4.78. The molecule has 21 heavy (non-hydrogen) atoms. The van der Waals surface area contributed by atoms with Gasteiger partial charge in [-0.15, -0.1) is 0 Å². The first-order chi connectivity index (χ1) is 10.00. The van der Waals surface area contributed by atoms with Gasteiger partial charge in [0.05, 0.1) is 5.69 Å². The van der Waals surface area contributed by atoms with Crippen LogP contribution in [0.1, 0.15) is 36.6 Å². The minimum absolute atomic E-state index is 0.0623. The highest BCUT2D eigenvalue weighted by Gasteiger charge is 2.39. The molecule has 0 unspecified atom stereocenters. The first-order valence-corrected chi connectivity index (χ1v) is 7.38. The van der Waals surface area contributed by atoms with E-state index in [-0.39, 0.29) is 5.41 Å². The zero-order valence-corrected chi connectivity index (χ0v) is 12.9. The van der Waals surface area contributed by atoms with Crippen molar-refractivity contribution >= 4 is 10.8 Å². The number of nitrogens with zero attached hydrogens (tertiary/aromatic N) is 2. The number of benzene rings is 2. The third-order valence-electron chi connectivity index (χ3n) is 4.65. The smallest absolute Gasteiger partial charge is 0.125 e. The summed E-state index contributed by atoms with van der Waals surface area (Å²) in [4.78, 5) is 9.38. The topological polar surface area (TPSA) is 25.8 Å². The van der Waals surface area contributed by atoms with Crippen molar-refractivity contribution in [3.63, 3.8) is 0 Å². The number of rotatable bonds is 0. The van der Waals surface area contributed by atoms with E-state index < -0.39 is 0 Å². The van der Waals surface area contributed by atoms with Gasteiger partial charge in [-0.05, 0) is 35.7 Å². The number of fused-ring (bicyclic) bond motifs is 5. The standard InChI is InChI=1S/C19H18N2/c1-11-16-17-14-8-6-5-7-13(14)9-10-15(17)19(3,4)18(16)21-12(2)20-11/h5-10H,1-4H3. The Morgan fingerprint density at radius 3 is 2.43 bits per heavy atom. The largest absolute Gasteiger partial charge is 0.238 e. The second-order valence-electron chi connectivity index (χ2n) is 6.41. The van der Waals surface area contributed by atoms with Gasteiger partial charge >= 0.3 is 0 Å². The Morgan fingerprint density at radius 1 is 0.857 bits per heavy atom. The molecule has 4 rings (SSSR count). The van der Waals surface area contributed by atoms with Gasteiger partial charge in [0.2, 0.25) is 0 Å². The molecule has 0 bridgehead atoms. The van der Waals surface area contributed by atoms with Crippen LogP contribution >= 0.6 is 0 Å². The summed E-state index contributed by atoms with van der Waals surface area (Å²) in [7, 11) is 0. The van der Waals surface area contributed by atoms with E-state index in [1.165, 1.54) is 33.2 Å². The molecular weight excluding hydrogens is 256 g/mol. The average Bonchev–Trinajstić information content (AvgIpc) is 2.68. The Kier molecular flexibility index (Phi) is 2.33. The summed E-state index contributed by atoms with van der Waals surface area (Å²) in [5.74, 6) is 0.858. The molecule has 0 saturated carbocycles. The third kappa shape index (κ3) is 1.53. The molecule has 2 nitrogen and oxygen atoms in total. The van der Waals surface area contributed by atoms with Crippen molar-refractivity contribution in [2.45, 2.75) is 33.1 Å². The number of aryl methyl sites for hydroxylation is 2. The van der Waals surface area contributed by atoms with E-state index in [1.807, 2.05) is 6.92 Å². The molecule has 0 fully saturated rings. The van der Waals surface area contributed by atoms with Crippen LogP contribution in [-0.2, 0) is 5.41 Å². The molecule has 0 radical (unpaired) electrons. The SMILES string of the molecule is Cc1nc(C)c2c(n1)C(C)(C)c1ccc3ccccc3c1-2. The Bertz CT molecular complexity index is 891. The van der Waals surface area contributed by atoms with E-state index in [0.29, 0.717) is 0 Å². The van der Waals surface area contributed by atoms with Gasteiger partial charge in [-0.1, -0.05) is 50.2 Å². The van der Waals surface area contributed by atoms with Gasteiger partial charge in [-0.2, -0.15) is 0 Å². The van der Waals surface area contributed by atoms with Crippen molar-refractivity contribution < 1.29 is 0 Å². The Morgan fingerprint density at radius 2 is 1.62 bits per heavy atom. The molecule has 0 amide bonds. The highest BCUT2D eigenvalue weighted by Crippen LogP contribution is 2.51. The predicted octanol–water partition coefficient (Wildman–Crippen LogP) is 4.55. The minimum atomic E-state index is -0.0623. The molecule has 0 N–H and O–H groups in total. The van der Waals surface area contributed by atoms with Crippen LogP contribution in [-0.4, -0.2) is 9.97 Å². The summed E-state index contributed by atoms with van der Waals surface area (Å²) in [6.07, 6.45) is 0. The Labute approximate surface area is 124 Å². The fraction of sp³-hybridized carbons (Fsp3) is 0.263. The Hall–Kier alpha value is -2.22. The summed E-state index contributed by atoms with van der Waals surface area (Å²) < 4.78 is 0. The van der Waals surface area contributed by atoms with Crippen LogP contribution in [0.25, 0.3) is 21.9 Å². The van der Waals surface area contributed by atoms with Gasteiger partial charge in [0.25, 0.3) is 0 Å². The fourth-order valence-corrected chi connectivity index (χ4v) is 3.65. The van der Waals surface area contributed by atoms with Gasteiger partial charge < -0.3 is 0 Å². The van der Waals surface area contributed by atoms with Crippen molar-refractivity contribution in [3.05, 3.63) is 59.2 Å². The first-order valence-electron chi connectivity index (χ1n) is 7.38. The molecule has 1 aliphatic carbocycles. The molecule has 2 aromatic carbocycles. The normalized spacial score (nSPS) is 15.0. The molecule has 1 aliphatic rings. The molecule has 1 heterocycles. The van der Waals surface area contributed by atoms with Crippen molar-refractivity contribution in [2.24, 2.45) is 0 Å². The quantitative estimate of drug-likeness (QED) is 0.601. The molecule has 104 valence electrons. The van der Waals surface area contributed by atoms with Crippen LogP contribution < -0.4 is 0 Å². The second-order valence-corrected chi connectivity index (χ2v) is 6.41. The van der Waals surface area contributed by atoms with Crippen molar-refractivity contribution in [2.75, 3.05) is 0 Å². The number of hydrogen-bond donors (Lipinski definition) is 0. The zero-order chi connectivity index (χ0) is 14.8. The molecule has 2 heteroatoms. The van der Waals surface area contributed by atoms with Crippen LogP contribution in [0.2, 0.25) is 0 Å². The minimum Gasteiger partial charge on any atom is -0.238 e. The van der Waals surface area contributed by atoms with E-state index in [2.05, 4.69) is 62.2 Å². The van der Waals surface area contributed by atoms with E-state index in [9.17, 15) is 0 Å². The lowest BCUT2D eigenvalue weighted by Crippen LogP contribution is -2.17. The number of hydrogen-bond acceptors (Lipinski definition) is 2. The third-order valence-corrected chi connectivity index (χ3v) is 4.65. The monoisotopic (exact) mass is 274 g/mol. The summed E-state index contributed by atoms with van der Waals surface area (Å²) in [5.41, 5.74) is 6.11. The molecule has 0 aliphatic heterocycles. The molecule has 0 atom stereocenters. The highest BCUT2D eigenvalue weighted by molar-refractivity contribution is 6.02. The second kappa shape index (κ2) is 3.91. The van der Waals surface area contributed by atoms with Gasteiger partial charge in [-0.3, -0.25) is 0 Å². The summed E-state index contributed by atoms with van der Waals surface area (Å²) in [6, 6.07) is 13.1. The van der Waals surface area contributed by atoms with Crippen LogP contribution in [0.15, 0.2) is 36.4 Å². The molecule has 0 spiro atoms.